The number of anilines is 1. The van der Waals surface area contributed by atoms with Crippen LogP contribution in [0.3, 0.4) is 0 Å². The number of carbonyl (C=O) groups is 1. The van der Waals surface area contributed by atoms with Crippen molar-refractivity contribution >= 4 is 11.6 Å². The molecule has 2 aliphatic rings. The Morgan fingerprint density at radius 2 is 2.05 bits per heavy atom. The SMILES string of the molecule is O=C(c1cccnc1C1CC1)N1CC(CO)c2ccccc21. The van der Waals surface area contributed by atoms with E-state index in [2.05, 4.69) is 4.98 Å². The van der Waals surface area contributed by atoms with Crippen molar-refractivity contribution in [1.82, 2.24) is 4.98 Å². The van der Waals surface area contributed by atoms with E-state index in [1.165, 1.54) is 0 Å². The van der Waals surface area contributed by atoms with E-state index in [1.807, 2.05) is 36.4 Å². The van der Waals surface area contributed by atoms with E-state index in [4.69, 9.17) is 0 Å². The number of benzene rings is 1. The van der Waals surface area contributed by atoms with E-state index in [0.29, 0.717) is 18.0 Å². The number of rotatable bonds is 3. The van der Waals surface area contributed by atoms with E-state index in [-0.39, 0.29) is 18.4 Å². The van der Waals surface area contributed by atoms with E-state index in [1.54, 1.807) is 11.1 Å². The van der Waals surface area contributed by atoms with Crippen molar-refractivity contribution in [3.8, 4) is 0 Å². The number of nitrogens with zero attached hydrogens (tertiary/aromatic N) is 2. The summed E-state index contributed by atoms with van der Waals surface area (Å²) in [6.07, 6.45) is 4.00. The number of hydrogen-bond donors (Lipinski definition) is 1. The molecule has 0 bridgehead atoms. The summed E-state index contributed by atoms with van der Waals surface area (Å²) < 4.78 is 0. The van der Waals surface area contributed by atoms with Crippen LogP contribution in [0.1, 0.15) is 46.3 Å². The third-order valence-electron chi connectivity index (χ3n) is 4.57. The molecule has 4 nitrogen and oxygen atoms in total. The summed E-state index contributed by atoms with van der Waals surface area (Å²) in [5.41, 5.74) is 3.60. The normalized spacial score (nSPS) is 20.0. The van der Waals surface area contributed by atoms with Gasteiger partial charge in [-0.3, -0.25) is 9.78 Å². The molecule has 1 saturated carbocycles. The second kappa shape index (κ2) is 5.21. The van der Waals surface area contributed by atoms with Crippen LogP contribution in [0.4, 0.5) is 5.69 Å². The minimum Gasteiger partial charge on any atom is -0.396 e. The molecule has 0 saturated heterocycles. The summed E-state index contributed by atoms with van der Waals surface area (Å²) in [6, 6.07) is 11.5. The minimum absolute atomic E-state index is 0.00111. The van der Waals surface area contributed by atoms with Crippen LogP contribution in [-0.4, -0.2) is 29.1 Å². The highest BCUT2D eigenvalue weighted by Gasteiger charge is 2.35. The second-order valence-corrected chi connectivity index (χ2v) is 6.06. The van der Waals surface area contributed by atoms with Gasteiger partial charge in [0.05, 0.1) is 17.9 Å². The van der Waals surface area contributed by atoms with Gasteiger partial charge in [0, 0.05) is 30.3 Å². The molecule has 4 rings (SSSR count). The van der Waals surface area contributed by atoms with Gasteiger partial charge in [-0.15, -0.1) is 0 Å². The van der Waals surface area contributed by atoms with Crippen LogP contribution >= 0.6 is 0 Å². The Morgan fingerprint density at radius 3 is 2.82 bits per heavy atom. The Bertz CT molecular complexity index is 725. The maximum atomic E-state index is 13.0. The molecule has 0 radical (unpaired) electrons. The molecular weight excluding hydrogens is 276 g/mol. The Morgan fingerprint density at radius 1 is 1.23 bits per heavy atom. The van der Waals surface area contributed by atoms with Gasteiger partial charge < -0.3 is 10.0 Å². The number of carbonyl (C=O) groups excluding carboxylic acids is 1. The molecule has 2 heterocycles. The zero-order valence-electron chi connectivity index (χ0n) is 12.3. The largest absolute Gasteiger partial charge is 0.396 e. The van der Waals surface area contributed by atoms with Crippen LogP contribution in [0, 0.1) is 0 Å². The van der Waals surface area contributed by atoms with Crippen LogP contribution in [0.5, 0.6) is 0 Å². The number of amides is 1. The van der Waals surface area contributed by atoms with E-state index in [9.17, 15) is 9.90 Å². The van der Waals surface area contributed by atoms with Gasteiger partial charge in [-0.1, -0.05) is 18.2 Å². The van der Waals surface area contributed by atoms with Crippen molar-refractivity contribution in [2.75, 3.05) is 18.1 Å². The van der Waals surface area contributed by atoms with Gasteiger partial charge in [-0.25, -0.2) is 0 Å². The van der Waals surface area contributed by atoms with Crippen molar-refractivity contribution in [3.63, 3.8) is 0 Å². The molecule has 1 aromatic heterocycles. The van der Waals surface area contributed by atoms with Gasteiger partial charge in [0.25, 0.3) is 5.91 Å². The predicted octanol–water partition coefficient (Wildman–Crippen LogP) is 2.70. The van der Waals surface area contributed by atoms with Gasteiger partial charge in [-0.2, -0.15) is 0 Å². The van der Waals surface area contributed by atoms with Gasteiger partial charge in [0.15, 0.2) is 0 Å². The summed E-state index contributed by atoms with van der Waals surface area (Å²) >= 11 is 0. The lowest BCUT2D eigenvalue weighted by molar-refractivity contribution is 0.0985. The third kappa shape index (κ3) is 2.11. The highest BCUT2D eigenvalue weighted by atomic mass is 16.3. The topological polar surface area (TPSA) is 53.4 Å². The smallest absolute Gasteiger partial charge is 0.260 e. The van der Waals surface area contributed by atoms with Gasteiger partial charge in [-0.05, 0) is 36.6 Å². The molecule has 1 fully saturated rings. The number of pyridine rings is 1. The first-order valence-electron chi connectivity index (χ1n) is 7.76. The fraction of sp³-hybridized carbons (Fsp3) is 0.333. The molecule has 112 valence electrons. The van der Waals surface area contributed by atoms with Crippen molar-refractivity contribution in [2.45, 2.75) is 24.7 Å². The van der Waals surface area contributed by atoms with E-state index in [0.717, 1.165) is 29.8 Å². The Kier molecular flexibility index (Phi) is 3.19. The molecule has 1 amide bonds. The summed E-state index contributed by atoms with van der Waals surface area (Å²) in [7, 11) is 0. The molecular formula is C18H18N2O2. The van der Waals surface area contributed by atoms with Crippen LogP contribution < -0.4 is 4.90 Å². The summed E-state index contributed by atoms with van der Waals surface area (Å²) in [5, 5.41) is 9.59. The zero-order chi connectivity index (χ0) is 15.1. The first kappa shape index (κ1) is 13.5. The fourth-order valence-electron chi connectivity index (χ4n) is 3.27. The van der Waals surface area contributed by atoms with Gasteiger partial charge >= 0.3 is 0 Å². The molecule has 1 aliphatic carbocycles. The minimum atomic E-state index is -0.00148. The lowest BCUT2D eigenvalue weighted by atomic mass is 10.0. The summed E-state index contributed by atoms with van der Waals surface area (Å²) in [4.78, 5) is 19.3. The Hall–Kier alpha value is -2.20. The predicted molar refractivity (Wildman–Crippen MR) is 84.2 cm³/mol. The number of hydrogen-bond acceptors (Lipinski definition) is 3. The number of aromatic nitrogens is 1. The van der Waals surface area contributed by atoms with Crippen LogP contribution in [-0.2, 0) is 0 Å². The first-order valence-corrected chi connectivity index (χ1v) is 7.76. The fourth-order valence-corrected chi connectivity index (χ4v) is 3.27. The lowest BCUT2D eigenvalue weighted by Gasteiger charge is -2.19. The van der Waals surface area contributed by atoms with Crippen LogP contribution in [0.15, 0.2) is 42.6 Å². The van der Waals surface area contributed by atoms with E-state index >= 15 is 0 Å². The maximum absolute atomic E-state index is 13.0. The molecule has 1 N–H and O–H groups in total. The Labute approximate surface area is 129 Å². The van der Waals surface area contributed by atoms with Gasteiger partial charge in [0.2, 0.25) is 0 Å². The average molecular weight is 294 g/mol. The third-order valence-corrected chi connectivity index (χ3v) is 4.57. The monoisotopic (exact) mass is 294 g/mol. The van der Waals surface area contributed by atoms with Crippen molar-refractivity contribution in [1.29, 1.82) is 0 Å². The van der Waals surface area contributed by atoms with E-state index < -0.39 is 0 Å². The van der Waals surface area contributed by atoms with Crippen LogP contribution in [0.2, 0.25) is 0 Å². The molecule has 2 aromatic rings. The molecule has 4 heteroatoms. The van der Waals surface area contributed by atoms with Crippen LogP contribution in [0.25, 0.3) is 0 Å². The number of aliphatic hydroxyl groups excluding tert-OH is 1. The maximum Gasteiger partial charge on any atom is 0.260 e. The molecule has 0 spiro atoms. The molecule has 1 unspecified atom stereocenters. The van der Waals surface area contributed by atoms with Gasteiger partial charge in [0.1, 0.15) is 0 Å². The van der Waals surface area contributed by atoms with Crippen molar-refractivity contribution in [2.24, 2.45) is 0 Å². The molecule has 1 aromatic carbocycles. The highest BCUT2D eigenvalue weighted by molar-refractivity contribution is 6.08. The molecule has 1 aliphatic heterocycles. The zero-order valence-corrected chi connectivity index (χ0v) is 12.3. The highest BCUT2D eigenvalue weighted by Crippen LogP contribution is 2.42. The quantitative estimate of drug-likeness (QED) is 0.947. The summed E-state index contributed by atoms with van der Waals surface area (Å²) in [5.74, 6) is 0.436. The Balaban J connectivity index is 1.73. The van der Waals surface area contributed by atoms with Crippen molar-refractivity contribution < 1.29 is 9.90 Å². The molecule has 22 heavy (non-hydrogen) atoms. The average Bonchev–Trinajstić information content (AvgIpc) is 3.35. The standard InChI is InChI=1S/C18H18N2O2/c21-11-13-10-20(16-6-2-1-4-14(13)16)18(22)15-5-3-9-19-17(15)12-7-8-12/h1-6,9,12-13,21H,7-8,10-11H2. The summed E-state index contributed by atoms with van der Waals surface area (Å²) in [6.45, 7) is 0.594. The number of aliphatic hydroxyl groups is 1. The molecule has 1 atom stereocenters. The lowest BCUT2D eigenvalue weighted by Crippen LogP contribution is -2.31. The van der Waals surface area contributed by atoms with Crippen molar-refractivity contribution in [3.05, 3.63) is 59.4 Å². The second-order valence-electron chi connectivity index (χ2n) is 6.06. The first-order chi connectivity index (χ1) is 10.8. The number of para-hydroxylation sites is 1. The number of fused-ring (bicyclic) bond motifs is 1.